The molecule has 0 aliphatic heterocycles. The molecule has 0 saturated heterocycles. The summed E-state index contributed by atoms with van der Waals surface area (Å²) >= 11 is 6.16. The maximum atomic E-state index is 11.5. The lowest BCUT2D eigenvalue weighted by Gasteiger charge is -2.11. The summed E-state index contributed by atoms with van der Waals surface area (Å²) in [7, 11) is 0. The average molecular weight is 271 g/mol. The van der Waals surface area contributed by atoms with E-state index < -0.39 is 0 Å². The molecule has 7 heteroatoms. The molecule has 0 aromatic carbocycles. The van der Waals surface area contributed by atoms with Crippen LogP contribution in [0.3, 0.4) is 0 Å². The summed E-state index contributed by atoms with van der Waals surface area (Å²) < 4.78 is 0. The SMILES string of the molecule is CC(C)C(=O)NC(=S)NNC(=O)c1cccs1. The number of amides is 2. The lowest BCUT2D eigenvalue weighted by atomic mass is 10.2. The van der Waals surface area contributed by atoms with Crippen molar-refractivity contribution in [3.05, 3.63) is 22.4 Å². The van der Waals surface area contributed by atoms with E-state index in [0.29, 0.717) is 4.88 Å². The zero-order valence-corrected chi connectivity index (χ0v) is 11.1. The quantitative estimate of drug-likeness (QED) is 0.555. The first-order valence-electron chi connectivity index (χ1n) is 4.95. The second kappa shape index (κ2) is 6.31. The number of hydrogen-bond acceptors (Lipinski definition) is 4. The third-order valence-electron chi connectivity index (χ3n) is 1.80. The molecular formula is C10H13N3O2S2. The zero-order chi connectivity index (χ0) is 12.8. The van der Waals surface area contributed by atoms with Crippen LogP contribution in [-0.4, -0.2) is 16.9 Å². The monoisotopic (exact) mass is 271 g/mol. The molecule has 0 unspecified atom stereocenters. The Morgan fingerprint density at radius 1 is 1.35 bits per heavy atom. The average Bonchev–Trinajstić information content (AvgIpc) is 2.79. The highest BCUT2D eigenvalue weighted by Crippen LogP contribution is 2.06. The van der Waals surface area contributed by atoms with Crippen LogP contribution in [0.2, 0.25) is 0 Å². The van der Waals surface area contributed by atoms with Crippen molar-refractivity contribution in [3.8, 4) is 0 Å². The van der Waals surface area contributed by atoms with E-state index in [-0.39, 0.29) is 22.8 Å². The Kier molecular flexibility index (Phi) is 5.05. The molecular weight excluding hydrogens is 258 g/mol. The van der Waals surface area contributed by atoms with Gasteiger partial charge in [-0.1, -0.05) is 19.9 Å². The minimum atomic E-state index is -0.291. The summed E-state index contributed by atoms with van der Waals surface area (Å²) in [5.74, 6) is -0.656. The lowest BCUT2D eigenvalue weighted by Crippen LogP contribution is -2.49. The molecule has 5 nitrogen and oxygen atoms in total. The van der Waals surface area contributed by atoms with Crippen molar-refractivity contribution in [2.24, 2.45) is 5.92 Å². The second-order valence-electron chi connectivity index (χ2n) is 3.53. The van der Waals surface area contributed by atoms with Crippen LogP contribution in [0.15, 0.2) is 17.5 Å². The normalized spacial score (nSPS) is 9.82. The van der Waals surface area contributed by atoms with Gasteiger partial charge in [-0.15, -0.1) is 11.3 Å². The number of carbonyl (C=O) groups excluding carboxylic acids is 2. The molecule has 0 bridgehead atoms. The van der Waals surface area contributed by atoms with Crippen LogP contribution in [0.5, 0.6) is 0 Å². The number of hydrogen-bond donors (Lipinski definition) is 3. The fourth-order valence-corrected chi connectivity index (χ4v) is 1.64. The molecule has 0 spiro atoms. The molecule has 0 fully saturated rings. The second-order valence-corrected chi connectivity index (χ2v) is 4.89. The van der Waals surface area contributed by atoms with Gasteiger partial charge in [-0.3, -0.25) is 20.4 Å². The molecule has 17 heavy (non-hydrogen) atoms. The van der Waals surface area contributed by atoms with Gasteiger partial charge in [-0.2, -0.15) is 0 Å². The van der Waals surface area contributed by atoms with Gasteiger partial charge in [-0.25, -0.2) is 0 Å². The number of rotatable bonds is 2. The fraction of sp³-hybridized carbons (Fsp3) is 0.300. The summed E-state index contributed by atoms with van der Waals surface area (Å²) in [6, 6.07) is 3.47. The Morgan fingerprint density at radius 3 is 2.59 bits per heavy atom. The molecule has 1 heterocycles. The largest absolute Gasteiger partial charge is 0.302 e. The predicted molar refractivity (Wildman–Crippen MR) is 70.5 cm³/mol. The van der Waals surface area contributed by atoms with Gasteiger partial charge >= 0.3 is 0 Å². The van der Waals surface area contributed by atoms with E-state index in [1.807, 2.05) is 0 Å². The number of nitrogens with one attached hydrogen (secondary N) is 3. The van der Waals surface area contributed by atoms with Gasteiger partial charge < -0.3 is 5.32 Å². The van der Waals surface area contributed by atoms with E-state index in [0.717, 1.165) is 0 Å². The Balaban J connectivity index is 2.34. The topological polar surface area (TPSA) is 70.2 Å². The predicted octanol–water partition coefficient (Wildman–Crippen LogP) is 1.04. The Bertz CT molecular complexity index is 415. The van der Waals surface area contributed by atoms with Gasteiger partial charge in [0.25, 0.3) is 5.91 Å². The first kappa shape index (κ1) is 13.6. The minimum Gasteiger partial charge on any atom is -0.302 e. The van der Waals surface area contributed by atoms with E-state index in [1.165, 1.54) is 11.3 Å². The molecule has 1 rings (SSSR count). The van der Waals surface area contributed by atoms with Gasteiger partial charge in [0.05, 0.1) is 4.88 Å². The van der Waals surface area contributed by atoms with Crippen LogP contribution in [0, 0.1) is 5.92 Å². The standard InChI is InChI=1S/C10H13N3O2S2/c1-6(2)8(14)11-10(16)13-12-9(15)7-4-3-5-17-7/h3-6H,1-2H3,(H,12,15)(H2,11,13,14,16). The molecule has 2 amide bonds. The highest BCUT2D eigenvalue weighted by molar-refractivity contribution is 7.80. The Labute approximate surface area is 109 Å². The van der Waals surface area contributed by atoms with E-state index in [1.54, 1.807) is 31.4 Å². The summed E-state index contributed by atoms with van der Waals surface area (Å²) in [5.41, 5.74) is 4.86. The Morgan fingerprint density at radius 2 is 2.06 bits per heavy atom. The maximum absolute atomic E-state index is 11.5. The van der Waals surface area contributed by atoms with Crippen molar-refractivity contribution < 1.29 is 9.59 Å². The van der Waals surface area contributed by atoms with Crippen LogP contribution in [0.4, 0.5) is 0 Å². The number of thiocarbonyl (C=S) groups is 1. The van der Waals surface area contributed by atoms with Crippen molar-refractivity contribution in [2.45, 2.75) is 13.8 Å². The smallest absolute Gasteiger partial charge is 0.279 e. The van der Waals surface area contributed by atoms with Crippen LogP contribution in [-0.2, 0) is 4.79 Å². The van der Waals surface area contributed by atoms with E-state index in [9.17, 15) is 9.59 Å². The highest BCUT2D eigenvalue weighted by Gasteiger charge is 2.10. The van der Waals surface area contributed by atoms with E-state index in [4.69, 9.17) is 12.2 Å². The molecule has 0 aliphatic rings. The Hall–Kier alpha value is -1.47. The minimum absolute atomic E-state index is 0.0774. The summed E-state index contributed by atoms with van der Waals surface area (Å²) in [4.78, 5) is 23.3. The van der Waals surface area contributed by atoms with Crippen molar-refractivity contribution in [1.82, 2.24) is 16.2 Å². The molecule has 92 valence electrons. The number of hydrazine groups is 1. The van der Waals surface area contributed by atoms with Gasteiger partial charge in [0, 0.05) is 5.92 Å². The van der Waals surface area contributed by atoms with Crippen LogP contribution in [0.25, 0.3) is 0 Å². The van der Waals surface area contributed by atoms with Crippen molar-refractivity contribution in [1.29, 1.82) is 0 Å². The maximum Gasteiger partial charge on any atom is 0.279 e. The third-order valence-corrected chi connectivity index (χ3v) is 2.87. The molecule has 0 saturated carbocycles. The van der Waals surface area contributed by atoms with Crippen LogP contribution in [0.1, 0.15) is 23.5 Å². The van der Waals surface area contributed by atoms with Gasteiger partial charge in [-0.05, 0) is 23.7 Å². The number of carbonyl (C=O) groups is 2. The molecule has 0 aliphatic carbocycles. The zero-order valence-electron chi connectivity index (χ0n) is 9.44. The highest BCUT2D eigenvalue weighted by atomic mass is 32.1. The van der Waals surface area contributed by atoms with Crippen molar-refractivity contribution in [2.75, 3.05) is 0 Å². The van der Waals surface area contributed by atoms with Gasteiger partial charge in [0.15, 0.2) is 5.11 Å². The molecule has 0 radical (unpaired) electrons. The molecule has 1 aromatic rings. The van der Waals surface area contributed by atoms with Crippen molar-refractivity contribution >= 4 is 40.5 Å². The van der Waals surface area contributed by atoms with Gasteiger partial charge in [0.2, 0.25) is 5.91 Å². The summed E-state index contributed by atoms with van der Waals surface area (Å²) in [6.45, 7) is 3.50. The van der Waals surface area contributed by atoms with E-state index >= 15 is 0 Å². The lowest BCUT2D eigenvalue weighted by molar-refractivity contribution is -0.122. The van der Waals surface area contributed by atoms with Crippen LogP contribution < -0.4 is 16.2 Å². The first-order chi connectivity index (χ1) is 8.00. The molecule has 0 atom stereocenters. The van der Waals surface area contributed by atoms with Gasteiger partial charge in [0.1, 0.15) is 0 Å². The number of thiophene rings is 1. The third kappa shape index (κ3) is 4.49. The molecule has 3 N–H and O–H groups in total. The summed E-state index contributed by atoms with van der Waals surface area (Å²) in [5, 5.41) is 4.33. The first-order valence-corrected chi connectivity index (χ1v) is 6.24. The van der Waals surface area contributed by atoms with Crippen molar-refractivity contribution in [3.63, 3.8) is 0 Å². The fourth-order valence-electron chi connectivity index (χ4n) is 0.870. The van der Waals surface area contributed by atoms with E-state index in [2.05, 4.69) is 16.2 Å². The van der Waals surface area contributed by atoms with Crippen LogP contribution >= 0.6 is 23.6 Å². The molecule has 1 aromatic heterocycles. The summed E-state index contributed by atoms with van der Waals surface area (Å²) in [6.07, 6.45) is 0.